The Kier molecular flexibility index (Phi) is 5.87. The van der Waals surface area contributed by atoms with E-state index in [2.05, 4.69) is 54.9 Å². The van der Waals surface area contributed by atoms with Gasteiger partial charge < -0.3 is 5.73 Å². The van der Waals surface area contributed by atoms with E-state index in [0.717, 1.165) is 4.47 Å². The molecule has 0 saturated heterocycles. The highest BCUT2D eigenvalue weighted by Crippen LogP contribution is 2.37. The minimum atomic E-state index is 0.382. The third-order valence-corrected chi connectivity index (χ3v) is 5.25. The van der Waals surface area contributed by atoms with Gasteiger partial charge in [-0.15, -0.1) is 11.8 Å². The van der Waals surface area contributed by atoms with Gasteiger partial charge in [0.05, 0.1) is 0 Å². The number of benzene rings is 1. The second-order valence-corrected chi connectivity index (χ2v) is 6.77. The first kappa shape index (κ1) is 14.1. The molecule has 0 aliphatic carbocycles. The molecule has 2 atom stereocenters. The first-order valence-corrected chi connectivity index (χ1v) is 7.39. The minimum Gasteiger partial charge on any atom is -0.329 e. The fourth-order valence-electron chi connectivity index (χ4n) is 1.41. The number of halogens is 1. The van der Waals surface area contributed by atoms with Crippen LogP contribution >= 0.6 is 27.7 Å². The molecule has 0 aromatic heterocycles. The predicted molar refractivity (Wildman–Crippen MR) is 77.8 cm³/mol. The van der Waals surface area contributed by atoms with E-state index in [1.807, 2.05) is 17.8 Å². The van der Waals surface area contributed by atoms with Crippen LogP contribution in [0.5, 0.6) is 0 Å². The second kappa shape index (κ2) is 6.67. The number of hydrogen-bond acceptors (Lipinski definition) is 2. The van der Waals surface area contributed by atoms with Crippen LogP contribution < -0.4 is 5.73 Å². The van der Waals surface area contributed by atoms with E-state index in [1.165, 1.54) is 5.56 Å². The summed E-state index contributed by atoms with van der Waals surface area (Å²) in [6, 6.07) is 8.35. The lowest BCUT2D eigenvalue weighted by Gasteiger charge is -2.23. The van der Waals surface area contributed by atoms with Crippen molar-refractivity contribution in [3.63, 3.8) is 0 Å². The molecule has 90 valence electrons. The lowest BCUT2D eigenvalue weighted by atomic mass is 10.1. The molecule has 0 fully saturated rings. The average molecular weight is 302 g/mol. The van der Waals surface area contributed by atoms with E-state index in [1.54, 1.807) is 0 Å². The Bertz CT molecular complexity index is 327. The fourth-order valence-corrected chi connectivity index (χ4v) is 3.42. The first-order chi connectivity index (χ1) is 7.56. The molecule has 0 saturated carbocycles. The second-order valence-electron chi connectivity index (χ2n) is 4.33. The Morgan fingerprint density at radius 2 is 1.88 bits per heavy atom. The lowest BCUT2D eigenvalue weighted by molar-refractivity contribution is 0.639. The summed E-state index contributed by atoms with van der Waals surface area (Å²) < 4.78 is 1.16. The van der Waals surface area contributed by atoms with Gasteiger partial charge in [0, 0.05) is 21.5 Å². The quantitative estimate of drug-likeness (QED) is 0.881. The Morgan fingerprint density at radius 1 is 1.25 bits per heavy atom. The molecule has 3 heteroatoms. The molecule has 1 nitrogen and oxygen atoms in total. The SMILES string of the molecule is CC(C)C(C)SC(CN)c1ccccc1Br. The molecule has 0 aliphatic rings. The van der Waals surface area contributed by atoms with Gasteiger partial charge >= 0.3 is 0 Å². The summed E-state index contributed by atoms with van der Waals surface area (Å²) in [5.41, 5.74) is 7.19. The zero-order chi connectivity index (χ0) is 12.1. The first-order valence-electron chi connectivity index (χ1n) is 5.66. The third-order valence-electron chi connectivity index (χ3n) is 2.78. The molecule has 16 heavy (non-hydrogen) atoms. The Hall–Kier alpha value is 0.01000. The summed E-state index contributed by atoms with van der Waals surface area (Å²) in [6.45, 7) is 7.47. The smallest absolute Gasteiger partial charge is 0.0433 e. The van der Waals surface area contributed by atoms with E-state index in [0.29, 0.717) is 23.0 Å². The number of hydrogen-bond donors (Lipinski definition) is 1. The summed E-state index contributed by atoms with van der Waals surface area (Å²) in [5.74, 6) is 0.682. The monoisotopic (exact) mass is 301 g/mol. The molecule has 2 unspecified atom stereocenters. The summed E-state index contributed by atoms with van der Waals surface area (Å²) in [4.78, 5) is 0. The Morgan fingerprint density at radius 3 is 2.38 bits per heavy atom. The van der Waals surface area contributed by atoms with Gasteiger partial charge in [-0.25, -0.2) is 0 Å². The highest BCUT2D eigenvalue weighted by molar-refractivity contribution is 9.10. The normalized spacial score (nSPS) is 15.1. The molecule has 0 spiro atoms. The van der Waals surface area contributed by atoms with Crippen LogP contribution in [0.2, 0.25) is 0 Å². The van der Waals surface area contributed by atoms with Gasteiger partial charge in [-0.3, -0.25) is 0 Å². The highest BCUT2D eigenvalue weighted by Gasteiger charge is 2.18. The molecule has 2 N–H and O–H groups in total. The summed E-state index contributed by atoms with van der Waals surface area (Å²) in [6.07, 6.45) is 0. The predicted octanol–water partition coefficient (Wildman–Crippen LogP) is 4.23. The van der Waals surface area contributed by atoms with Crippen molar-refractivity contribution in [2.24, 2.45) is 11.7 Å². The van der Waals surface area contributed by atoms with Gasteiger partial charge in [0.15, 0.2) is 0 Å². The summed E-state index contributed by atoms with van der Waals surface area (Å²) in [5, 5.41) is 1.01. The third kappa shape index (κ3) is 3.79. The molecule has 0 heterocycles. The van der Waals surface area contributed by atoms with Crippen molar-refractivity contribution in [3.05, 3.63) is 34.3 Å². The van der Waals surface area contributed by atoms with Crippen molar-refractivity contribution >= 4 is 27.7 Å². The largest absolute Gasteiger partial charge is 0.329 e. The average Bonchev–Trinajstić information content (AvgIpc) is 2.26. The van der Waals surface area contributed by atoms with Crippen molar-refractivity contribution < 1.29 is 0 Å². The van der Waals surface area contributed by atoms with Crippen LogP contribution in [-0.2, 0) is 0 Å². The molecule has 0 amide bonds. The van der Waals surface area contributed by atoms with Crippen LogP contribution in [0.4, 0.5) is 0 Å². The zero-order valence-corrected chi connectivity index (χ0v) is 12.5. The van der Waals surface area contributed by atoms with Gasteiger partial charge in [0.25, 0.3) is 0 Å². The molecule has 1 rings (SSSR count). The van der Waals surface area contributed by atoms with Gasteiger partial charge in [-0.2, -0.15) is 0 Å². The maximum atomic E-state index is 5.88. The van der Waals surface area contributed by atoms with E-state index in [4.69, 9.17) is 5.73 Å². The van der Waals surface area contributed by atoms with Crippen molar-refractivity contribution in [1.82, 2.24) is 0 Å². The topological polar surface area (TPSA) is 26.0 Å². The van der Waals surface area contributed by atoms with E-state index < -0.39 is 0 Å². The molecule has 0 aliphatic heterocycles. The number of rotatable bonds is 5. The lowest BCUT2D eigenvalue weighted by Crippen LogP contribution is -2.15. The summed E-state index contributed by atoms with van der Waals surface area (Å²) in [7, 11) is 0. The zero-order valence-electron chi connectivity index (χ0n) is 10.1. The van der Waals surface area contributed by atoms with Crippen molar-refractivity contribution in [2.45, 2.75) is 31.3 Å². The van der Waals surface area contributed by atoms with Crippen LogP contribution in [0.25, 0.3) is 0 Å². The molecule has 0 radical (unpaired) electrons. The molecule has 0 bridgehead atoms. The maximum Gasteiger partial charge on any atom is 0.0433 e. The number of thioether (sulfide) groups is 1. The van der Waals surface area contributed by atoms with E-state index in [-0.39, 0.29) is 0 Å². The van der Waals surface area contributed by atoms with Crippen molar-refractivity contribution in [3.8, 4) is 0 Å². The highest BCUT2D eigenvalue weighted by atomic mass is 79.9. The Balaban J connectivity index is 2.79. The number of nitrogens with two attached hydrogens (primary N) is 1. The maximum absolute atomic E-state index is 5.88. The van der Waals surface area contributed by atoms with Gasteiger partial charge in [0.1, 0.15) is 0 Å². The van der Waals surface area contributed by atoms with Crippen LogP contribution in [0.3, 0.4) is 0 Å². The van der Waals surface area contributed by atoms with Crippen LogP contribution in [-0.4, -0.2) is 11.8 Å². The van der Waals surface area contributed by atoms with Gasteiger partial charge in [0.2, 0.25) is 0 Å². The molecular weight excluding hydrogens is 282 g/mol. The Labute approximate surface area is 111 Å². The van der Waals surface area contributed by atoms with Crippen LogP contribution in [0.1, 0.15) is 31.6 Å². The van der Waals surface area contributed by atoms with E-state index >= 15 is 0 Å². The van der Waals surface area contributed by atoms with Crippen LogP contribution in [0.15, 0.2) is 28.7 Å². The van der Waals surface area contributed by atoms with Gasteiger partial charge in [-0.05, 0) is 17.5 Å². The van der Waals surface area contributed by atoms with Crippen molar-refractivity contribution in [1.29, 1.82) is 0 Å². The van der Waals surface area contributed by atoms with E-state index in [9.17, 15) is 0 Å². The van der Waals surface area contributed by atoms with Crippen molar-refractivity contribution in [2.75, 3.05) is 6.54 Å². The molecule has 1 aromatic carbocycles. The fraction of sp³-hybridized carbons (Fsp3) is 0.538. The molecular formula is C13H20BrNS. The minimum absolute atomic E-state index is 0.382. The summed E-state index contributed by atoms with van der Waals surface area (Å²) >= 11 is 5.56. The molecule has 1 aromatic rings. The van der Waals surface area contributed by atoms with Crippen LogP contribution in [0, 0.1) is 5.92 Å². The standard InChI is InChI=1S/C13H20BrNS/c1-9(2)10(3)16-13(8-15)11-6-4-5-7-12(11)14/h4-7,9-10,13H,8,15H2,1-3H3. The van der Waals surface area contributed by atoms with Gasteiger partial charge in [-0.1, -0.05) is 54.9 Å².